The van der Waals surface area contributed by atoms with E-state index in [-0.39, 0.29) is 12.3 Å². The molecule has 0 aliphatic carbocycles. The van der Waals surface area contributed by atoms with E-state index in [9.17, 15) is 14.4 Å². The van der Waals surface area contributed by atoms with Crippen LogP contribution in [0, 0.1) is 13.8 Å². The number of fused-ring (bicyclic) bond motifs is 3. The van der Waals surface area contributed by atoms with Crippen molar-refractivity contribution in [3.63, 3.8) is 0 Å². The van der Waals surface area contributed by atoms with Gasteiger partial charge < -0.3 is 4.90 Å². The smallest absolute Gasteiger partial charge is 0.302 e. The number of Topliss-reactive ketones (excluding diaryl/α,β-unsaturated/α-hetero) is 1. The number of amides is 3. The van der Waals surface area contributed by atoms with Crippen molar-refractivity contribution in [3.8, 4) is 0 Å². The number of carbonyl (C=O) groups excluding carboxylic acids is 3. The molecule has 33 heavy (non-hydrogen) atoms. The second kappa shape index (κ2) is 7.58. The Morgan fingerprint density at radius 1 is 1.03 bits per heavy atom. The first kappa shape index (κ1) is 20.9. The number of urea groups is 1. The van der Waals surface area contributed by atoms with E-state index in [1.54, 1.807) is 7.05 Å². The van der Waals surface area contributed by atoms with Crippen LogP contribution in [0.5, 0.6) is 0 Å². The number of aliphatic imine (C=N–C) groups is 1. The molecule has 3 aliphatic heterocycles. The molecule has 1 fully saturated rings. The van der Waals surface area contributed by atoms with E-state index < -0.39 is 24.1 Å². The van der Waals surface area contributed by atoms with Crippen LogP contribution in [-0.4, -0.2) is 64.2 Å². The number of benzene rings is 2. The molecule has 0 bridgehead atoms. The van der Waals surface area contributed by atoms with E-state index in [0.717, 1.165) is 27.4 Å². The summed E-state index contributed by atoms with van der Waals surface area (Å²) >= 11 is 0. The van der Waals surface area contributed by atoms with Crippen molar-refractivity contribution < 1.29 is 14.4 Å². The van der Waals surface area contributed by atoms with Gasteiger partial charge in [0.2, 0.25) is 5.96 Å². The molecule has 8 heteroatoms. The summed E-state index contributed by atoms with van der Waals surface area (Å²) in [6.07, 6.45) is 1.26. The minimum absolute atomic E-state index is 0.246. The molecule has 0 N–H and O–H groups in total. The molecule has 1 saturated heterocycles. The number of likely N-dealkylation sites (N-methyl/N-ethyl adjacent to an activating group) is 1. The Morgan fingerprint density at radius 2 is 1.76 bits per heavy atom. The van der Waals surface area contributed by atoms with Gasteiger partial charge in [-0.3, -0.25) is 24.3 Å². The molecule has 8 nitrogen and oxygen atoms in total. The quantitative estimate of drug-likeness (QED) is 0.726. The first-order valence-corrected chi connectivity index (χ1v) is 10.9. The number of carbonyl (C=O) groups is 3. The lowest BCUT2D eigenvalue weighted by atomic mass is 10.1. The number of hydrogen-bond acceptors (Lipinski definition) is 6. The molecule has 168 valence electrons. The van der Waals surface area contributed by atoms with Gasteiger partial charge in [-0.25, -0.2) is 9.79 Å². The molecule has 3 amide bonds. The largest absolute Gasteiger partial charge is 0.328 e. The lowest BCUT2D eigenvalue weighted by molar-refractivity contribution is -0.139. The third-order valence-corrected chi connectivity index (χ3v) is 6.41. The molecule has 3 aliphatic rings. The first-order chi connectivity index (χ1) is 15.8. The minimum Gasteiger partial charge on any atom is -0.302 e. The second-order valence-corrected chi connectivity index (χ2v) is 8.70. The van der Waals surface area contributed by atoms with E-state index in [1.807, 2.05) is 52.4 Å². The Kier molecular flexibility index (Phi) is 4.81. The summed E-state index contributed by atoms with van der Waals surface area (Å²) in [5.74, 6) is -0.0752. The number of hydrogen-bond donors (Lipinski definition) is 0. The van der Waals surface area contributed by atoms with Gasteiger partial charge >= 0.3 is 6.03 Å². The van der Waals surface area contributed by atoms with Gasteiger partial charge in [-0.2, -0.15) is 0 Å². The summed E-state index contributed by atoms with van der Waals surface area (Å²) in [7, 11) is 1.62. The van der Waals surface area contributed by atoms with Crippen molar-refractivity contribution in [3.05, 3.63) is 71.4 Å². The maximum atomic E-state index is 13.4. The number of imide groups is 1. The molecule has 0 aromatic heterocycles. The van der Waals surface area contributed by atoms with Crippen LogP contribution in [0.2, 0.25) is 0 Å². The predicted molar refractivity (Wildman–Crippen MR) is 125 cm³/mol. The number of ketones is 1. The molecule has 0 radical (unpaired) electrons. The fourth-order valence-electron chi connectivity index (χ4n) is 4.53. The Hall–Kier alpha value is -3.94. The summed E-state index contributed by atoms with van der Waals surface area (Å²) in [5, 5.41) is 0. The Balaban J connectivity index is 1.62. The fraction of sp³-hybridized carbons (Fsp3) is 0.280. The van der Waals surface area contributed by atoms with Crippen LogP contribution >= 0.6 is 0 Å². The number of rotatable bonds is 4. The number of guanidine groups is 1. The average molecular weight is 444 g/mol. The van der Waals surface area contributed by atoms with Gasteiger partial charge in [0.05, 0.1) is 12.2 Å². The third-order valence-electron chi connectivity index (χ3n) is 6.41. The molecule has 2 aromatic rings. The first-order valence-electron chi connectivity index (χ1n) is 10.9. The Morgan fingerprint density at radius 3 is 2.42 bits per heavy atom. The second-order valence-electron chi connectivity index (χ2n) is 8.70. The predicted octanol–water partition coefficient (Wildman–Crippen LogP) is 2.97. The third kappa shape index (κ3) is 3.21. The lowest BCUT2D eigenvalue weighted by Crippen LogP contribution is -2.64. The van der Waals surface area contributed by atoms with E-state index in [2.05, 4.69) is 26.0 Å². The summed E-state index contributed by atoms with van der Waals surface area (Å²) in [6, 6.07) is 14.9. The van der Waals surface area contributed by atoms with Gasteiger partial charge in [0.1, 0.15) is 5.78 Å². The van der Waals surface area contributed by atoms with Crippen LogP contribution in [0.1, 0.15) is 23.6 Å². The van der Waals surface area contributed by atoms with Crippen LogP contribution in [0.3, 0.4) is 0 Å². The van der Waals surface area contributed by atoms with Gasteiger partial charge in [-0.15, -0.1) is 0 Å². The molecule has 2 unspecified atom stereocenters. The maximum Gasteiger partial charge on any atom is 0.328 e. The fourth-order valence-corrected chi connectivity index (χ4v) is 4.53. The van der Waals surface area contributed by atoms with E-state index >= 15 is 0 Å². The lowest BCUT2D eigenvalue weighted by Gasteiger charge is -2.39. The molecule has 5 rings (SSSR count). The topological polar surface area (TPSA) is 76.5 Å². The van der Waals surface area contributed by atoms with Crippen LogP contribution < -0.4 is 4.90 Å². The minimum atomic E-state index is -0.725. The van der Waals surface area contributed by atoms with E-state index in [4.69, 9.17) is 4.99 Å². The van der Waals surface area contributed by atoms with Crippen LogP contribution in [0.4, 0.5) is 10.5 Å². The van der Waals surface area contributed by atoms with Crippen molar-refractivity contribution in [2.75, 3.05) is 18.5 Å². The van der Waals surface area contributed by atoms with Crippen molar-refractivity contribution in [1.82, 2.24) is 14.7 Å². The normalized spacial score (nSPS) is 21.8. The van der Waals surface area contributed by atoms with E-state index in [0.29, 0.717) is 5.96 Å². The zero-order valence-corrected chi connectivity index (χ0v) is 19.0. The highest BCUT2D eigenvalue weighted by molar-refractivity contribution is 6.16. The van der Waals surface area contributed by atoms with Gasteiger partial charge in [-0.1, -0.05) is 36.4 Å². The molecule has 2 aromatic carbocycles. The monoisotopic (exact) mass is 443 g/mol. The summed E-state index contributed by atoms with van der Waals surface area (Å²) < 4.78 is 0. The van der Waals surface area contributed by atoms with Gasteiger partial charge in [0.25, 0.3) is 5.91 Å². The molecule has 0 spiro atoms. The van der Waals surface area contributed by atoms with Crippen molar-refractivity contribution in [2.45, 2.75) is 33.0 Å². The highest BCUT2D eigenvalue weighted by Crippen LogP contribution is 2.40. The molecule has 2 atom stereocenters. The van der Waals surface area contributed by atoms with Gasteiger partial charge in [0, 0.05) is 24.5 Å². The molecule has 3 heterocycles. The van der Waals surface area contributed by atoms with Crippen LogP contribution in [0.25, 0.3) is 5.70 Å². The SMILES string of the molecule is CC(=O)CN1C(=O)C2C(N=C3N(c4ccc(C)c(C)c4)C(c4ccccc4)=CN32)N(C)C1=O. The highest BCUT2D eigenvalue weighted by atomic mass is 16.2. The van der Waals surface area contributed by atoms with Crippen LogP contribution in [-0.2, 0) is 9.59 Å². The molecule has 0 saturated carbocycles. The van der Waals surface area contributed by atoms with Crippen molar-refractivity contribution >= 4 is 35.1 Å². The van der Waals surface area contributed by atoms with Gasteiger partial charge in [-0.05, 0) is 44.0 Å². The molecular weight excluding hydrogens is 418 g/mol. The Bertz CT molecular complexity index is 1240. The average Bonchev–Trinajstić information content (AvgIpc) is 3.34. The van der Waals surface area contributed by atoms with Crippen LogP contribution in [0.15, 0.2) is 59.7 Å². The summed E-state index contributed by atoms with van der Waals surface area (Å²) in [4.78, 5) is 49.1. The summed E-state index contributed by atoms with van der Waals surface area (Å²) in [6.45, 7) is 5.25. The highest BCUT2D eigenvalue weighted by Gasteiger charge is 2.55. The Labute approximate surface area is 192 Å². The number of anilines is 1. The van der Waals surface area contributed by atoms with Crippen molar-refractivity contribution in [1.29, 1.82) is 0 Å². The standard InChI is InChI=1S/C25H25N5O3/c1-15-10-11-19(12-16(15)2)30-20(18-8-6-5-7-9-18)14-28-21-22(26-24(28)30)27(4)25(33)29(23(21)32)13-17(3)31/h5-12,14,21-22H,13H2,1-4H3. The van der Waals surface area contributed by atoms with E-state index in [1.165, 1.54) is 17.4 Å². The summed E-state index contributed by atoms with van der Waals surface area (Å²) in [5.41, 5.74) is 5.13. The molecular formula is C25H25N5O3. The van der Waals surface area contributed by atoms with Gasteiger partial charge in [0.15, 0.2) is 12.2 Å². The number of nitrogens with zero attached hydrogens (tertiary/aromatic N) is 5. The zero-order chi connectivity index (χ0) is 23.4. The maximum absolute atomic E-state index is 13.4. The van der Waals surface area contributed by atoms with Crippen molar-refractivity contribution in [2.24, 2.45) is 4.99 Å². The number of aryl methyl sites for hydroxylation is 2. The zero-order valence-electron chi connectivity index (χ0n) is 19.0.